The van der Waals surface area contributed by atoms with E-state index in [9.17, 15) is 19.8 Å². The molecule has 9 atom stereocenters. The van der Waals surface area contributed by atoms with E-state index in [0.29, 0.717) is 12.1 Å². The monoisotopic (exact) mass is 643 g/mol. The van der Waals surface area contributed by atoms with E-state index in [2.05, 4.69) is 6.92 Å². The normalized spacial score (nSPS) is 38.7. The van der Waals surface area contributed by atoms with Crippen molar-refractivity contribution in [1.29, 1.82) is 0 Å². The zero-order chi connectivity index (χ0) is 32.9. The first kappa shape index (κ1) is 30.9. The average Bonchev–Trinajstić information content (AvgIpc) is 3.77. The number of anilines is 1. The van der Waals surface area contributed by atoms with Crippen LogP contribution in [0, 0.1) is 34.4 Å². The zero-order valence-corrected chi connectivity index (χ0v) is 26.8. The molecule has 8 nitrogen and oxygen atoms in total. The lowest BCUT2D eigenvalue weighted by molar-refractivity contribution is -0.201. The van der Waals surface area contributed by atoms with Crippen molar-refractivity contribution in [2.45, 2.75) is 89.0 Å². The summed E-state index contributed by atoms with van der Waals surface area (Å²) in [7, 11) is 0. The number of ether oxygens (including phenoxy) is 3. The van der Waals surface area contributed by atoms with Crippen LogP contribution in [0.15, 0.2) is 60.2 Å². The highest BCUT2D eigenvalue weighted by atomic mass is 19.1. The Hall–Kier alpha value is -3.37. The van der Waals surface area contributed by atoms with Crippen LogP contribution in [-0.4, -0.2) is 46.2 Å². The quantitative estimate of drug-likeness (QED) is 0.339. The van der Waals surface area contributed by atoms with Crippen molar-refractivity contribution in [3.63, 3.8) is 0 Å². The maximum atomic E-state index is 16.6. The van der Waals surface area contributed by atoms with Crippen LogP contribution in [0.5, 0.6) is 5.75 Å². The minimum Gasteiger partial charge on any atom is -0.486 e. The van der Waals surface area contributed by atoms with Gasteiger partial charge >= 0.3 is 0 Å². The largest absolute Gasteiger partial charge is 0.486 e. The summed E-state index contributed by atoms with van der Waals surface area (Å²) in [6, 6.07) is 10.7. The summed E-state index contributed by atoms with van der Waals surface area (Å²) < 4.78 is 35.9. The molecule has 9 heteroatoms. The fourth-order valence-electron chi connectivity index (χ4n) is 10.3. The number of nitrogens with two attached hydrogens (primary N) is 1. The smallest absolute Gasteiger partial charge is 0.193 e. The number of halogens is 1. The number of rotatable bonds is 7. The van der Waals surface area contributed by atoms with Crippen molar-refractivity contribution < 1.29 is 38.4 Å². The molecule has 5 fully saturated rings. The van der Waals surface area contributed by atoms with Gasteiger partial charge in [-0.05, 0) is 97.8 Å². The molecule has 0 amide bonds. The van der Waals surface area contributed by atoms with Gasteiger partial charge in [0, 0.05) is 22.4 Å². The summed E-state index contributed by atoms with van der Waals surface area (Å²) >= 11 is 0. The van der Waals surface area contributed by atoms with Gasteiger partial charge in [-0.15, -0.1) is 0 Å². The number of carbonyl (C=O) groups excluding carboxylic acids is 2. The van der Waals surface area contributed by atoms with Gasteiger partial charge in [0.1, 0.15) is 13.2 Å². The van der Waals surface area contributed by atoms with Crippen LogP contribution in [-0.2, 0) is 25.7 Å². The number of hydrogen-bond acceptors (Lipinski definition) is 8. The average molecular weight is 644 g/mol. The number of aliphatic hydroxyl groups excluding tert-OH is 2. The second-order valence-electron chi connectivity index (χ2n) is 15.0. The number of aliphatic hydroxyl groups is 2. The number of hydrogen-bond donors (Lipinski definition) is 3. The van der Waals surface area contributed by atoms with Crippen LogP contribution >= 0.6 is 0 Å². The molecule has 248 valence electrons. The van der Waals surface area contributed by atoms with Crippen molar-refractivity contribution in [1.82, 2.24) is 0 Å². The summed E-state index contributed by atoms with van der Waals surface area (Å²) in [6.45, 7) is 3.44. The Balaban J connectivity index is 1.14. The molecule has 4 saturated carbocycles. The minimum absolute atomic E-state index is 0.0289. The van der Waals surface area contributed by atoms with E-state index in [0.717, 1.165) is 42.4 Å². The lowest BCUT2D eigenvalue weighted by Gasteiger charge is -2.59. The molecule has 47 heavy (non-hydrogen) atoms. The first-order valence-corrected chi connectivity index (χ1v) is 16.9. The molecule has 0 unspecified atom stereocenters. The Morgan fingerprint density at radius 2 is 1.98 bits per heavy atom. The van der Waals surface area contributed by atoms with Crippen molar-refractivity contribution in [3.05, 3.63) is 82.7 Å². The fraction of sp³-hybridized carbons (Fsp3) is 0.526. The topological polar surface area (TPSA) is 128 Å². The molecule has 2 aromatic rings. The predicted molar refractivity (Wildman–Crippen MR) is 170 cm³/mol. The minimum atomic E-state index is -1.57. The van der Waals surface area contributed by atoms with Gasteiger partial charge in [-0.1, -0.05) is 43.7 Å². The first-order chi connectivity index (χ1) is 22.5. The van der Waals surface area contributed by atoms with Gasteiger partial charge in [-0.25, -0.2) is 4.39 Å². The van der Waals surface area contributed by atoms with E-state index < -0.39 is 53.1 Å². The molecule has 0 bridgehead atoms. The van der Waals surface area contributed by atoms with E-state index >= 15 is 4.39 Å². The van der Waals surface area contributed by atoms with E-state index in [1.807, 2.05) is 31.2 Å². The second-order valence-corrected chi connectivity index (χ2v) is 15.0. The number of fused-ring (bicyclic) bond motifs is 7. The molecule has 0 radical (unpaired) electrons. The molecule has 0 aromatic heterocycles. The summed E-state index contributed by atoms with van der Waals surface area (Å²) in [5.41, 5.74) is 6.45. The van der Waals surface area contributed by atoms with Crippen LogP contribution in [0.25, 0.3) is 0 Å². The molecular weight excluding hydrogens is 601 g/mol. The van der Waals surface area contributed by atoms with Gasteiger partial charge in [-0.3, -0.25) is 9.59 Å². The Labute approximate surface area is 273 Å². The van der Waals surface area contributed by atoms with Crippen LogP contribution < -0.4 is 10.5 Å². The van der Waals surface area contributed by atoms with Crippen molar-refractivity contribution in [2.24, 2.45) is 28.6 Å². The molecule has 1 saturated heterocycles. The molecule has 1 aliphatic heterocycles. The molecular formula is C38H42FNO7. The van der Waals surface area contributed by atoms with Gasteiger partial charge < -0.3 is 30.2 Å². The molecule has 1 heterocycles. The van der Waals surface area contributed by atoms with Crippen LogP contribution in [0.2, 0.25) is 0 Å². The number of allylic oxidation sites excluding steroid dienone is 4. The summed E-state index contributed by atoms with van der Waals surface area (Å²) in [6.07, 6.45) is 6.61. The highest BCUT2D eigenvalue weighted by Crippen LogP contribution is 2.70. The predicted octanol–water partition coefficient (Wildman–Crippen LogP) is 5.47. The molecule has 8 rings (SSSR count). The first-order valence-electron chi connectivity index (χ1n) is 16.9. The highest BCUT2D eigenvalue weighted by molar-refractivity contribution is 6.01. The summed E-state index contributed by atoms with van der Waals surface area (Å²) in [4.78, 5) is 26.2. The zero-order valence-electron chi connectivity index (χ0n) is 26.8. The number of Topliss-reactive ketones (excluding diaryl/α,β-unsaturated/α-hetero) is 1. The van der Waals surface area contributed by atoms with Crippen molar-refractivity contribution in [2.75, 3.05) is 12.3 Å². The third kappa shape index (κ3) is 4.46. The Kier molecular flexibility index (Phi) is 7.12. The van der Waals surface area contributed by atoms with Crippen LogP contribution in [0.3, 0.4) is 0 Å². The maximum absolute atomic E-state index is 16.6. The van der Waals surface area contributed by atoms with E-state index in [-0.39, 0.29) is 53.8 Å². The maximum Gasteiger partial charge on any atom is 0.193 e. The summed E-state index contributed by atoms with van der Waals surface area (Å²) in [5.74, 6) is -1.08. The summed E-state index contributed by atoms with van der Waals surface area (Å²) in [5, 5.41) is 22.3. The SMILES string of the molecule is C[C@]12C=CC(=O)C=C1CC[C@@H]1[C@@H]2[C@@H](O)C[C@@]2(C)[C@H]1C[C@H]1O[C@@H](c3c(C4CC4)ccc(OCc4cccc(N)c4)c3F)O[C@]12C(=O)CO. The third-order valence-electron chi connectivity index (χ3n) is 12.6. The van der Waals surface area contributed by atoms with Gasteiger partial charge in [0.15, 0.2) is 35.0 Å². The molecule has 5 aliphatic carbocycles. The van der Waals surface area contributed by atoms with E-state index in [4.69, 9.17) is 19.9 Å². The number of nitrogen functional groups attached to an aromatic ring is 1. The number of ketones is 2. The van der Waals surface area contributed by atoms with Gasteiger partial charge in [0.25, 0.3) is 0 Å². The molecule has 2 aromatic carbocycles. The van der Waals surface area contributed by atoms with E-state index in [1.165, 1.54) is 0 Å². The van der Waals surface area contributed by atoms with Crippen LogP contribution in [0.1, 0.15) is 81.3 Å². The van der Waals surface area contributed by atoms with Gasteiger partial charge in [0.2, 0.25) is 0 Å². The standard InChI is InChI=1S/C38H42FNO7/c1-36-13-12-24(42)15-22(36)8-9-26-27-16-31-38(30(44)18-41,37(27,2)17-28(43)33(26)36)47-35(46-31)32-25(21-6-7-21)10-11-29(34(32)39)45-19-20-4-3-5-23(40)14-20/h3-5,10-15,21,26-28,31,33,35,41,43H,6-9,16-19,40H2,1-2H3/t26-,27-,28-,31+,33+,35+,36-,37-,38+/m0/s1. The second kappa shape index (κ2) is 10.8. The van der Waals surface area contributed by atoms with Gasteiger partial charge in [-0.2, -0.15) is 0 Å². The van der Waals surface area contributed by atoms with Crippen molar-refractivity contribution >= 4 is 17.3 Å². The Morgan fingerprint density at radius 1 is 1.17 bits per heavy atom. The highest BCUT2D eigenvalue weighted by Gasteiger charge is 2.76. The molecule has 6 aliphatic rings. The van der Waals surface area contributed by atoms with Crippen LogP contribution in [0.4, 0.5) is 10.1 Å². The Morgan fingerprint density at radius 3 is 2.72 bits per heavy atom. The molecule has 4 N–H and O–H groups in total. The molecule has 0 spiro atoms. The lowest BCUT2D eigenvalue weighted by atomic mass is 9.46. The lowest BCUT2D eigenvalue weighted by Crippen LogP contribution is -2.63. The number of carbonyl (C=O) groups is 2. The van der Waals surface area contributed by atoms with Crippen molar-refractivity contribution in [3.8, 4) is 5.75 Å². The van der Waals surface area contributed by atoms with E-state index in [1.54, 1.807) is 30.4 Å². The van der Waals surface area contributed by atoms with Gasteiger partial charge in [0.05, 0.1) is 17.8 Å². The fourth-order valence-corrected chi connectivity index (χ4v) is 10.3. The number of benzene rings is 2. The Bertz CT molecular complexity index is 1720. The third-order valence-corrected chi connectivity index (χ3v) is 12.6.